The molecule has 5 nitrogen and oxygen atoms in total. The van der Waals surface area contributed by atoms with Gasteiger partial charge >= 0.3 is 0 Å². The third-order valence-electron chi connectivity index (χ3n) is 5.67. The molecule has 1 aromatic heterocycles. The highest BCUT2D eigenvalue weighted by atomic mass is 16.2. The normalized spacial score (nSPS) is 18.9. The lowest BCUT2D eigenvalue weighted by atomic mass is 9.81. The summed E-state index contributed by atoms with van der Waals surface area (Å²) in [5.74, 6) is 0.0337. The second-order valence-corrected chi connectivity index (χ2v) is 7.62. The highest BCUT2D eigenvalue weighted by Crippen LogP contribution is 2.30. The number of para-hydroxylation sites is 1. The summed E-state index contributed by atoms with van der Waals surface area (Å²) in [4.78, 5) is 29.6. The monoisotopic (exact) mass is 387 g/mol. The lowest BCUT2D eigenvalue weighted by molar-refractivity contribution is -0.128. The number of fused-ring (bicyclic) bond motifs is 1. The van der Waals surface area contributed by atoms with Gasteiger partial charge in [0.05, 0.1) is 11.2 Å². The Morgan fingerprint density at radius 2 is 1.52 bits per heavy atom. The van der Waals surface area contributed by atoms with Crippen LogP contribution in [-0.2, 0) is 16.1 Å². The van der Waals surface area contributed by atoms with Crippen LogP contribution < -0.4 is 10.6 Å². The number of carbonyl (C=O) groups is 2. The molecule has 5 heteroatoms. The van der Waals surface area contributed by atoms with Gasteiger partial charge in [-0.1, -0.05) is 48.5 Å². The maximum Gasteiger partial charge on any atom is 0.227 e. The van der Waals surface area contributed by atoms with E-state index in [-0.39, 0.29) is 23.7 Å². The quantitative estimate of drug-likeness (QED) is 0.686. The molecule has 0 saturated heterocycles. The number of rotatable bonds is 5. The third kappa shape index (κ3) is 4.62. The van der Waals surface area contributed by atoms with Gasteiger partial charge < -0.3 is 10.6 Å². The van der Waals surface area contributed by atoms with E-state index in [1.165, 1.54) is 0 Å². The molecule has 2 aromatic carbocycles. The predicted octanol–water partition coefficient (Wildman–Crippen LogP) is 4.30. The van der Waals surface area contributed by atoms with Crippen molar-refractivity contribution in [2.75, 3.05) is 5.32 Å². The molecule has 2 N–H and O–H groups in total. The van der Waals surface area contributed by atoms with Gasteiger partial charge in [0.15, 0.2) is 0 Å². The summed E-state index contributed by atoms with van der Waals surface area (Å²) in [6.07, 6.45) is 4.68. The maximum atomic E-state index is 12.8. The first-order valence-electron chi connectivity index (χ1n) is 10.2. The van der Waals surface area contributed by atoms with Crippen LogP contribution in [0, 0.1) is 11.8 Å². The molecule has 0 unspecified atom stereocenters. The Hall–Kier alpha value is -3.21. The van der Waals surface area contributed by atoms with Gasteiger partial charge in [-0.2, -0.15) is 0 Å². The number of hydrogen-bond donors (Lipinski definition) is 2. The molecule has 0 radical (unpaired) electrons. The fraction of sp³-hybridized carbons (Fsp3) is 0.292. The summed E-state index contributed by atoms with van der Waals surface area (Å²) in [6, 6.07) is 19.6. The van der Waals surface area contributed by atoms with E-state index in [4.69, 9.17) is 0 Å². The molecular formula is C24H25N3O2. The maximum absolute atomic E-state index is 12.8. The molecule has 0 spiro atoms. The first-order chi connectivity index (χ1) is 14.2. The van der Waals surface area contributed by atoms with Crippen molar-refractivity contribution in [1.82, 2.24) is 10.3 Å². The Morgan fingerprint density at radius 3 is 2.28 bits per heavy atom. The van der Waals surface area contributed by atoms with Crippen molar-refractivity contribution in [3.8, 4) is 0 Å². The van der Waals surface area contributed by atoms with Crippen molar-refractivity contribution in [3.05, 3.63) is 72.4 Å². The van der Waals surface area contributed by atoms with Crippen molar-refractivity contribution in [1.29, 1.82) is 0 Å². The molecule has 1 saturated carbocycles. The zero-order valence-electron chi connectivity index (χ0n) is 16.3. The highest BCUT2D eigenvalue weighted by Gasteiger charge is 2.30. The number of carbonyl (C=O) groups excluding carboxylic acids is 2. The fourth-order valence-corrected chi connectivity index (χ4v) is 3.99. The highest BCUT2D eigenvalue weighted by molar-refractivity contribution is 6.01. The molecule has 0 atom stereocenters. The van der Waals surface area contributed by atoms with E-state index in [0.29, 0.717) is 6.54 Å². The van der Waals surface area contributed by atoms with Gasteiger partial charge in [-0.05, 0) is 43.4 Å². The standard InChI is InChI=1S/C24H25N3O2/c28-23(26-16-17-6-2-1-3-7-17)19-11-13-20(14-12-19)24(29)27-21-10-4-8-18-9-5-15-25-22(18)21/h1-10,15,19-20H,11-14,16H2,(H,26,28)(H,27,29). The average Bonchev–Trinajstić information content (AvgIpc) is 2.78. The van der Waals surface area contributed by atoms with Gasteiger partial charge in [-0.15, -0.1) is 0 Å². The minimum Gasteiger partial charge on any atom is -0.352 e. The Morgan fingerprint density at radius 1 is 0.828 bits per heavy atom. The number of aromatic nitrogens is 1. The third-order valence-corrected chi connectivity index (χ3v) is 5.67. The van der Waals surface area contributed by atoms with E-state index in [2.05, 4.69) is 15.6 Å². The Balaban J connectivity index is 1.30. The fourth-order valence-electron chi connectivity index (χ4n) is 3.99. The van der Waals surface area contributed by atoms with Gasteiger partial charge in [-0.25, -0.2) is 0 Å². The molecule has 1 heterocycles. The minimum absolute atomic E-state index is 0.0121. The van der Waals surface area contributed by atoms with Crippen molar-refractivity contribution >= 4 is 28.4 Å². The Kier molecular flexibility index (Phi) is 5.84. The van der Waals surface area contributed by atoms with Crippen LogP contribution in [0.3, 0.4) is 0 Å². The number of nitrogens with zero attached hydrogens (tertiary/aromatic N) is 1. The zero-order chi connectivity index (χ0) is 20.1. The smallest absolute Gasteiger partial charge is 0.227 e. The van der Waals surface area contributed by atoms with Crippen LogP contribution in [0.5, 0.6) is 0 Å². The van der Waals surface area contributed by atoms with E-state index in [1.54, 1.807) is 6.20 Å². The predicted molar refractivity (Wildman–Crippen MR) is 114 cm³/mol. The van der Waals surface area contributed by atoms with Crippen molar-refractivity contribution in [2.24, 2.45) is 11.8 Å². The lowest BCUT2D eigenvalue weighted by Gasteiger charge is -2.27. The van der Waals surface area contributed by atoms with E-state index in [0.717, 1.165) is 47.8 Å². The Bertz CT molecular complexity index is 990. The van der Waals surface area contributed by atoms with Crippen LogP contribution in [0.25, 0.3) is 10.9 Å². The van der Waals surface area contributed by atoms with Gasteiger partial charge in [0, 0.05) is 30.0 Å². The summed E-state index contributed by atoms with van der Waals surface area (Å²) in [7, 11) is 0. The van der Waals surface area contributed by atoms with Crippen molar-refractivity contribution in [2.45, 2.75) is 32.2 Å². The molecule has 1 aliphatic carbocycles. The van der Waals surface area contributed by atoms with Crippen LogP contribution in [0.15, 0.2) is 66.9 Å². The van der Waals surface area contributed by atoms with Gasteiger partial charge in [0.1, 0.15) is 0 Å². The zero-order valence-corrected chi connectivity index (χ0v) is 16.3. The van der Waals surface area contributed by atoms with E-state index in [9.17, 15) is 9.59 Å². The number of hydrogen-bond acceptors (Lipinski definition) is 3. The van der Waals surface area contributed by atoms with Crippen molar-refractivity contribution in [3.63, 3.8) is 0 Å². The summed E-state index contributed by atoms with van der Waals surface area (Å²) in [6.45, 7) is 0.550. The molecule has 2 amide bonds. The molecular weight excluding hydrogens is 362 g/mol. The number of benzene rings is 2. The molecule has 1 fully saturated rings. The second-order valence-electron chi connectivity index (χ2n) is 7.62. The number of amides is 2. The van der Waals surface area contributed by atoms with E-state index >= 15 is 0 Å². The summed E-state index contributed by atoms with van der Waals surface area (Å²) in [5, 5.41) is 7.07. The first-order valence-corrected chi connectivity index (χ1v) is 10.2. The van der Waals surface area contributed by atoms with Gasteiger partial charge in [-0.3, -0.25) is 14.6 Å². The SMILES string of the molecule is O=C(NCc1ccccc1)C1CCC(C(=O)Nc2cccc3cccnc23)CC1. The number of nitrogens with one attached hydrogen (secondary N) is 2. The second kappa shape index (κ2) is 8.86. The molecule has 29 heavy (non-hydrogen) atoms. The van der Waals surface area contributed by atoms with Gasteiger partial charge in [0.25, 0.3) is 0 Å². The average molecular weight is 387 g/mol. The molecule has 0 bridgehead atoms. The lowest BCUT2D eigenvalue weighted by Crippen LogP contribution is -2.35. The van der Waals surface area contributed by atoms with Gasteiger partial charge in [0.2, 0.25) is 11.8 Å². The summed E-state index contributed by atoms with van der Waals surface area (Å²) < 4.78 is 0. The Labute approximate surface area is 170 Å². The molecule has 0 aliphatic heterocycles. The van der Waals surface area contributed by atoms with Crippen molar-refractivity contribution < 1.29 is 9.59 Å². The summed E-state index contributed by atoms with van der Waals surface area (Å²) in [5.41, 5.74) is 2.64. The largest absolute Gasteiger partial charge is 0.352 e. The molecule has 1 aliphatic rings. The van der Waals surface area contributed by atoms with E-state index < -0.39 is 0 Å². The summed E-state index contributed by atoms with van der Waals surface area (Å²) >= 11 is 0. The number of anilines is 1. The van der Waals surface area contributed by atoms with E-state index in [1.807, 2.05) is 60.7 Å². The molecule has 4 rings (SSSR count). The van der Waals surface area contributed by atoms with Crippen LogP contribution in [-0.4, -0.2) is 16.8 Å². The first kappa shape index (κ1) is 19.1. The molecule has 3 aromatic rings. The molecule has 148 valence electrons. The van der Waals surface area contributed by atoms with Crippen LogP contribution >= 0.6 is 0 Å². The number of pyridine rings is 1. The minimum atomic E-state index is -0.0628. The topological polar surface area (TPSA) is 71.1 Å². The van der Waals surface area contributed by atoms with Crippen LogP contribution in [0.4, 0.5) is 5.69 Å². The van der Waals surface area contributed by atoms with Crippen LogP contribution in [0.1, 0.15) is 31.2 Å². The van der Waals surface area contributed by atoms with Crippen LogP contribution in [0.2, 0.25) is 0 Å².